The van der Waals surface area contributed by atoms with E-state index in [0.717, 1.165) is 37.0 Å². The predicted molar refractivity (Wildman–Crippen MR) is 135 cm³/mol. The largest absolute Gasteiger partial charge is 0.478 e. The fourth-order valence-electron chi connectivity index (χ4n) is 10.3. The summed E-state index contributed by atoms with van der Waals surface area (Å²) >= 11 is 0. The van der Waals surface area contributed by atoms with Crippen molar-refractivity contribution in [3.05, 3.63) is 11.6 Å². The van der Waals surface area contributed by atoms with Crippen molar-refractivity contribution in [2.24, 2.45) is 51.2 Å². The number of hydrogen-bond acceptors (Lipinski definition) is 2. The van der Waals surface area contributed by atoms with Crippen LogP contribution in [0.2, 0.25) is 0 Å². The molecule has 0 amide bonds. The van der Waals surface area contributed by atoms with Crippen molar-refractivity contribution in [3.63, 3.8) is 0 Å². The summed E-state index contributed by atoms with van der Waals surface area (Å²) in [7, 11) is 0. The summed E-state index contributed by atoms with van der Waals surface area (Å²) < 4.78 is 0. The first-order valence-corrected chi connectivity index (χ1v) is 13.9. The molecule has 0 unspecified atom stereocenters. The van der Waals surface area contributed by atoms with Crippen LogP contribution in [0.1, 0.15) is 113 Å². The minimum atomic E-state index is -0.788. The van der Waals surface area contributed by atoms with Crippen molar-refractivity contribution in [3.8, 4) is 0 Å². The van der Waals surface area contributed by atoms with E-state index >= 15 is 0 Å². The fraction of sp³-hybridized carbons (Fsp3) is 0.900. The molecule has 0 aromatic heterocycles. The Kier molecular flexibility index (Phi) is 6.42. The number of aliphatic carboxylic acids is 1. The average molecular weight is 459 g/mol. The summed E-state index contributed by atoms with van der Waals surface area (Å²) in [6, 6.07) is 0. The van der Waals surface area contributed by atoms with Gasteiger partial charge in [-0.25, -0.2) is 4.79 Å². The number of carboxylic acids is 1. The van der Waals surface area contributed by atoms with Crippen LogP contribution < -0.4 is 0 Å². The molecule has 188 valence electrons. The Balaban J connectivity index is 1.54. The van der Waals surface area contributed by atoms with Crippen LogP contribution in [0.25, 0.3) is 0 Å². The summed E-state index contributed by atoms with van der Waals surface area (Å²) in [4.78, 5) is 11.1. The SMILES string of the molecule is C/C(=C\CC[C@H](C)[C@@H]1CC[C@]2(C)[C@H]3CC[C@H]4C(C)(C)[C@@H](O)CC[C@]4(C)[C@@H]3CC[C@]12C)C(=O)O. The number of hydrogen-bond donors (Lipinski definition) is 2. The summed E-state index contributed by atoms with van der Waals surface area (Å²) in [5, 5.41) is 20.0. The monoisotopic (exact) mass is 458 g/mol. The Hall–Kier alpha value is -0.830. The third kappa shape index (κ3) is 3.66. The lowest BCUT2D eigenvalue weighted by Gasteiger charge is -2.67. The van der Waals surface area contributed by atoms with Gasteiger partial charge in [0, 0.05) is 5.57 Å². The van der Waals surface area contributed by atoms with Gasteiger partial charge in [0.2, 0.25) is 0 Å². The van der Waals surface area contributed by atoms with Crippen molar-refractivity contribution < 1.29 is 15.0 Å². The second-order valence-electron chi connectivity index (χ2n) is 14.0. The highest BCUT2D eigenvalue weighted by Crippen LogP contribution is 2.74. The number of fused-ring (bicyclic) bond motifs is 5. The van der Waals surface area contributed by atoms with E-state index in [0.29, 0.717) is 33.7 Å². The third-order valence-corrected chi connectivity index (χ3v) is 12.6. The van der Waals surface area contributed by atoms with Crippen molar-refractivity contribution in [2.45, 2.75) is 119 Å². The number of carbonyl (C=O) groups is 1. The Morgan fingerprint density at radius 1 is 0.939 bits per heavy atom. The molecule has 0 aromatic carbocycles. The molecule has 0 spiro atoms. The maximum absolute atomic E-state index is 11.1. The van der Waals surface area contributed by atoms with Crippen LogP contribution in [-0.4, -0.2) is 22.3 Å². The van der Waals surface area contributed by atoms with E-state index in [9.17, 15) is 9.90 Å². The lowest BCUT2D eigenvalue weighted by Crippen LogP contribution is -2.61. The quantitative estimate of drug-likeness (QED) is 0.420. The van der Waals surface area contributed by atoms with Crippen molar-refractivity contribution >= 4 is 5.97 Å². The van der Waals surface area contributed by atoms with E-state index in [2.05, 4.69) is 41.5 Å². The molecule has 9 atom stereocenters. The van der Waals surface area contributed by atoms with Crippen LogP contribution in [0.5, 0.6) is 0 Å². The van der Waals surface area contributed by atoms with Crippen LogP contribution in [0.3, 0.4) is 0 Å². The molecule has 2 N–H and O–H groups in total. The Morgan fingerprint density at radius 2 is 1.61 bits per heavy atom. The normalized spacial score (nSPS) is 47.9. The smallest absolute Gasteiger partial charge is 0.330 e. The highest BCUT2D eigenvalue weighted by atomic mass is 16.4. The molecule has 4 saturated carbocycles. The van der Waals surface area contributed by atoms with Crippen LogP contribution >= 0.6 is 0 Å². The fourth-order valence-corrected chi connectivity index (χ4v) is 10.3. The van der Waals surface area contributed by atoms with Gasteiger partial charge in [-0.2, -0.15) is 0 Å². The second kappa shape index (κ2) is 8.38. The molecule has 0 aliphatic heterocycles. The molecular formula is C30H50O3. The van der Waals surface area contributed by atoms with E-state index in [1.807, 2.05) is 6.08 Å². The Bertz CT molecular complexity index is 798. The first kappa shape index (κ1) is 25.3. The van der Waals surface area contributed by atoms with Gasteiger partial charge in [-0.1, -0.05) is 47.6 Å². The average Bonchev–Trinajstić information content (AvgIpc) is 3.02. The second-order valence-corrected chi connectivity index (χ2v) is 14.0. The zero-order valence-electron chi connectivity index (χ0n) is 22.4. The first-order valence-electron chi connectivity index (χ1n) is 13.9. The molecule has 0 aromatic rings. The molecule has 3 heteroatoms. The molecule has 4 aliphatic carbocycles. The van der Waals surface area contributed by atoms with Crippen LogP contribution in [0, 0.1) is 51.2 Å². The Morgan fingerprint density at radius 3 is 2.27 bits per heavy atom. The number of aliphatic hydroxyl groups is 1. The highest BCUT2D eigenvalue weighted by molar-refractivity contribution is 5.85. The number of carboxylic acid groups (broad SMARTS) is 1. The highest BCUT2D eigenvalue weighted by Gasteiger charge is 2.67. The molecule has 4 fully saturated rings. The van der Waals surface area contributed by atoms with Gasteiger partial charge in [-0.3, -0.25) is 0 Å². The van der Waals surface area contributed by atoms with E-state index in [4.69, 9.17) is 5.11 Å². The maximum atomic E-state index is 11.1. The Labute approximate surface area is 202 Å². The number of allylic oxidation sites excluding steroid dienone is 1. The molecule has 0 heterocycles. The van der Waals surface area contributed by atoms with E-state index < -0.39 is 5.97 Å². The zero-order chi connectivity index (χ0) is 24.4. The molecule has 0 bridgehead atoms. The summed E-state index contributed by atoms with van der Waals surface area (Å²) in [5.41, 5.74) is 1.70. The van der Waals surface area contributed by atoms with Gasteiger partial charge in [-0.15, -0.1) is 0 Å². The topological polar surface area (TPSA) is 57.5 Å². The van der Waals surface area contributed by atoms with Crippen molar-refractivity contribution in [1.29, 1.82) is 0 Å². The number of rotatable bonds is 5. The standard InChI is InChI=1S/C30H50O3/c1-19(9-8-10-20(2)26(32)33)21-13-17-30(7)23-11-12-24-27(3,4)25(31)15-16-28(24,5)22(23)14-18-29(21,30)6/h10,19,21-25,31H,8-9,11-18H2,1-7H3,(H,32,33)/b20-10+/t19-,21-,22+,23-,24-,25-,28+,29+,30+/m0/s1. The minimum absolute atomic E-state index is 0.0357. The number of aliphatic hydroxyl groups excluding tert-OH is 1. The maximum Gasteiger partial charge on any atom is 0.330 e. The van der Waals surface area contributed by atoms with E-state index in [1.165, 1.54) is 44.9 Å². The van der Waals surface area contributed by atoms with Gasteiger partial charge >= 0.3 is 5.97 Å². The predicted octanol–water partition coefficient (Wildman–Crippen LogP) is 7.48. The van der Waals surface area contributed by atoms with Crippen molar-refractivity contribution in [1.82, 2.24) is 0 Å². The molecular weight excluding hydrogens is 408 g/mol. The van der Waals surface area contributed by atoms with Gasteiger partial charge in [0.15, 0.2) is 0 Å². The molecule has 4 rings (SSSR count). The van der Waals surface area contributed by atoms with Gasteiger partial charge in [0.25, 0.3) is 0 Å². The van der Waals surface area contributed by atoms with Crippen molar-refractivity contribution in [2.75, 3.05) is 0 Å². The van der Waals surface area contributed by atoms with Crippen LogP contribution in [-0.2, 0) is 4.79 Å². The van der Waals surface area contributed by atoms with Gasteiger partial charge in [0.1, 0.15) is 0 Å². The molecule has 3 nitrogen and oxygen atoms in total. The van der Waals surface area contributed by atoms with Crippen LogP contribution in [0.15, 0.2) is 11.6 Å². The third-order valence-electron chi connectivity index (χ3n) is 12.6. The van der Waals surface area contributed by atoms with E-state index in [-0.39, 0.29) is 11.5 Å². The van der Waals surface area contributed by atoms with Gasteiger partial charge in [-0.05, 0) is 122 Å². The van der Waals surface area contributed by atoms with Gasteiger partial charge < -0.3 is 10.2 Å². The van der Waals surface area contributed by atoms with E-state index in [1.54, 1.807) is 6.92 Å². The lowest BCUT2D eigenvalue weighted by atomic mass is 9.38. The van der Waals surface area contributed by atoms with Crippen LogP contribution in [0.4, 0.5) is 0 Å². The summed E-state index contributed by atoms with van der Waals surface area (Å²) in [6.45, 7) is 16.7. The minimum Gasteiger partial charge on any atom is -0.478 e. The summed E-state index contributed by atoms with van der Waals surface area (Å²) in [6.07, 6.45) is 14.0. The molecule has 0 radical (unpaired) electrons. The molecule has 0 saturated heterocycles. The van der Waals surface area contributed by atoms with Gasteiger partial charge in [0.05, 0.1) is 6.10 Å². The molecule has 33 heavy (non-hydrogen) atoms. The lowest BCUT2D eigenvalue weighted by molar-refractivity contribution is -0.200. The summed E-state index contributed by atoms with van der Waals surface area (Å²) in [5.74, 6) is 2.86. The molecule has 4 aliphatic rings. The first-order chi connectivity index (χ1) is 15.3. The zero-order valence-corrected chi connectivity index (χ0v) is 22.4.